The zero-order chi connectivity index (χ0) is 14.7. The van der Waals surface area contributed by atoms with Crippen molar-refractivity contribution in [3.63, 3.8) is 0 Å². The fourth-order valence-corrected chi connectivity index (χ4v) is 3.14. The fourth-order valence-electron chi connectivity index (χ4n) is 3.14. The highest BCUT2D eigenvalue weighted by Crippen LogP contribution is 2.29. The first-order valence-corrected chi connectivity index (χ1v) is 7.90. The van der Waals surface area contributed by atoms with Crippen LogP contribution in [0.25, 0.3) is 0 Å². The van der Waals surface area contributed by atoms with Crippen molar-refractivity contribution >= 4 is 0 Å². The summed E-state index contributed by atoms with van der Waals surface area (Å²) in [6.07, 6.45) is 10.2. The van der Waals surface area contributed by atoms with Crippen LogP contribution in [0, 0.1) is 6.92 Å². The largest absolute Gasteiger partial charge is 0.313 e. The lowest BCUT2D eigenvalue weighted by Crippen LogP contribution is -2.19. The Morgan fingerprint density at radius 1 is 1.29 bits per heavy atom. The van der Waals surface area contributed by atoms with E-state index in [4.69, 9.17) is 5.10 Å². The van der Waals surface area contributed by atoms with Crippen molar-refractivity contribution in [3.8, 4) is 0 Å². The van der Waals surface area contributed by atoms with E-state index >= 15 is 0 Å². The second-order valence-electron chi connectivity index (χ2n) is 6.00. The third-order valence-corrected chi connectivity index (χ3v) is 4.46. The molecule has 0 aliphatic heterocycles. The minimum Gasteiger partial charge on any atom is -0.313 e. The second kappa shape index (κ2) is 6.39. The number of likely N-dealkylation sites (N-methyl/N-ethyl adjacent to an activating group) is 1. The van der Waals surface area contributed by atoms with Gasteiger partial charge in [-0.15, -0.1) is 0 Å². The molecule has 1 atom stereocenters. The number of nitrogens with zero attached hydrogens (tertiary/aromatic N) is 3. The molecule has 0 amide bonds. The average molecular weight is 284 g/mol. The van der Waals surface area contributed by atoms with Gasteiger partial charge in [0.25, 0.3) is 0 Å². The maximum Gasteiger partial charge on any atom is 0.0643 e. The first kappa shape index (κ1) is 14.3. The summed E-state index contributed by atoms with van der Waals surface area (Å²) in [5.74, 6) is 0. The molecule has 1 unspecified atom stereocenters. The van der Waals surface area contributed by atoms with Crippen LogP contribution < -0.4 is 5.32 Å². The standard InChI is InChI=1S/C17H24N4/c1-13-7-8-14(12-19-13)17(18-2)11-15-9-10-21(20-15)16-5-3-4-6-16/h7-10,12,16-18H,3-6,11H2,1-2H3. The highest BCUT2D eigenvalue weighted by Gasteiger charge is 2.18. The number of hydrogen-bond donors (Lipinski definition) is 1. The van der Waals surface area contributed by atoms with Crippen molar-refractivity contribution in [1.29, 1.82) is 0 Å². The van der Waals surface area contributed by atoms with Gasteiger partial charge in [0.2, 0.25) is 0 Å². The van der Waals surface area contributed by atoms with Gasteiger partial charge in [-0.05, 0) is 44.5 Å². The molecule has 0 saturated heterocycles. The summed E-state index contributed by atoms with van der Waals surface area (Å²) in [6.45, 7) is 2.02. The van der Waals surface area contributed by atoms with Crippen molar-refractivity contribution < 1.29 is 0 Å². The van der Waals surface area contributed by atoms with E-state index in [1.807, 2.05) is 20.2 Å². The summed E-state index contributed by atoms with van der Waals surface area (Å²) in [5, 5.41) is 8.16. The first-order chi connectivity index (χ1) is 10.3. The molecule has 21 heavy (non-hydrogen) atoms. The Labute approximate surface area is 126 Å². The quantitative estimate of drug-likeness (QED) is 0.917. The summed E-state index contributed by atoms with van der Waals surface area (Å²) in [6, 6.07) is 7.26. The Hall–Kier alpha value is -1.68. The van der Waals surface area contributed by atoms with Crippen LogP contribution >= 0.6 is 0 Å². The number of hydrogen-bond acceptors (Lipinski definition) is 3. The zero-order valence-electron chi connectivity index (χ0n) is 12.9. The van der Waals surface area contributed by atoms with E-state index in [0.717, 1.165) is 17.8 Å². The highest BCUT2D eigenvalue weighted by atomic mass is 15.3. The summed E-state index contributed by atoms with van der Waals surface area (Å²) >= 11 is 0. The molecule has 0 spiro atoms. The maximum atomic E-state index is 4.78. The highest BCUT2D eigenvalue weighted by molar-refractivity contribution is 5.19. The average Bonchev–Trinajstić information content (AvgIpc) is 3.17. The van der Waals surface area contributed by atoms with E-state index in [-0.39, 0.29) is 6.04 Å². The van der Waals surface area contributed by atoms with Crippen LogP contribution in [-0.4, -0.2) is 21.8 Å². The SMILES string of the molecule is CNC(Cc1ccn(C2CCCC2)n1)c1ccc(C)nc1. The number of aryl methyl sites for hydroxylation is 1. The van der Waals surface area contributed by atoms with E-state index < -0.39 is 0 Å². The van der Waals surface area contributed by atoms with Gasteiger partial charge in [-0.3, -0.25) is 9.67 Å². The van der Waals surface area contributed by atoms with Gasteiger partial charge in [0.05, 0.1) is 11.7 Å². The minimum absolute atomic E-state index is 0.269. The van der Waals surface area contributed by atoms with E-state index in [0.29, 0.717) is 6.04 Å². The van der Waals surface area contributed by atoms with Crippen LogP contribution in [0.2, 0.25) is 0 Å². The Bertz CT molecular complexity index is 567. The van der Waals surface area contributed by atoms with E-state index in [1.54, 1.807) is 0 Å². The molecule has 112 valence electrons. The van der Waals surface area contributed by atoms with Crippen molar-refractivity contribution in [2.75, 3.05) is 7.05 Å². The molecule has 4 heteroatoms. The van der Waals surface area contributed by atoms with Gasteiger partial charge in [0, 0.05) is 30.6 Å². The molecule has 0 radical (unpaired) electrons. The number of pyridine rings is 1. The molecule has 2 aromatic rings. The molecule has 1 fully saturated rings. The monoisotopic (exact) mass is 284 g/mol. The van der Waals surface area contributed by atoms with Crippen LogP contribution in [0.5, 0.6) is 0 Å². The smallest absolute Gasteiger partial charge is 0.0643 e. The number of rotatable bonds is 5. The van der Waals surface area contributed by atoms with Gasteiger partial charge >= 0.3 is 0 Å². The number of nitrogens with one attached hydrogen (secondary N) is 1. The molecule has 1 aliphatic rings. The summed E-state index contributed by atoms with van der Waals surface area (Å²) in [5.41, 5.74) is 3.43. The van der Waals surface area contributed by atoms with Crippen LogP contribution in [-0.2, 0) is 6.42 Å². The van der Waals surface area contributed by atoms with Crippen molar-refractivity contribution in [2.24, 2.45) is 0 Å². The summed E-state index contributed by atoms with van der Waals surface area (Å²) < 4.78 is 2.17. The predicted octanol–water partition coefficient (Wildman–Crippen LogP) is 3.20. The summed E-state index contributed by atoms with van der Waals surface area (Å²) in [7, 11) is 2.00. The molecular formula is C17H24N4. The molecular weight excluding hydrogens is 260 g/mol. The van der Waals surface area contributed by atoms with Crippen LogP contribution in [0.4, 0.5) is 0 Å². The molecule has 4 nitrogen and oxygen atoms in total. The lowest BCUT2D eigenvalue weighted by molar-refractivity contribution is 0.459. The van der Waals surface area contributed by atoms with Crippen molar-refractivity contribution in [3.05, 3.63) is 47.5 Å². The molecule has 3 rings (SSSR count). The number of aromatic nitrogens is 3. The molecule has 0 aromatic carbocycles. The third-order valence-electron chi connectivity index (χ3n) is 4.46. The van der Waals surface area contributed by atoms with Crippen molar-refractivity contribution in [1.82, 2.24) is 20.1 Å². The third kappa shape index (κ3) is 3.32. The summed E-state index contributed by atoms with van der Waals surface area (Å²) in [4.78, 5) is 4.39. The van der Waals surface area contributed by atoms with Gasteiger partial charge in [-0.25, -0.2) is 0 Å². The predicted molar refractivity (Wildman–Crippen MR) is 84.2 cm³/mol. The molecule has 2 heterocycles. The molecule has 1 saturated carbocycles. The van der Waals surface area contributed by atoms with Crippen LogP contribution in [0.15, 0.2) is 30.6 Å². The zero-order valence-corrected chi connectivity index (χ0v) is 12.9. The Balaban J connectivity index is 1.70. The van der Waals surface area contributed by atoms with Gasteiger partial charge in [0.15, 0.2) is 0 Å². The Morgan fingerprint density at radius 3 is 2.76 bits per heavy atom. The van der Waals surface area contributed by atoms with Crippen LogP contribution in [0.3, 0.4) is 0 Å². The fraction of sp³-hybridized carbons (Fsp3) is 0.529. The molecule has 1 aliphatic carbocycles. The van der Waals surface area contributed by atoms with Crippen molar-refractivity contribution in [2.45, 2.75) is 51.1 Å². The first-order valence-electron chi connectivity index (χ1n) is 7.90. The maximum absolute atomic E-state index is 4.78. The molecule has 1 N–H and O–H groups in total. The second-order valence-corrected chi connectivity index (χ2v) is 6.00. The van der Waals surface area contributed by atoms with E-state index in [1.165, 1.54) is 31.2 Å². The van der Waals surface area contributed by atoms with Gasteiger partial charge < -0.3 is 5.32 Å². The lowest BCUT2D eigenvalue weighted by atomic mass is 10.0. The lowest BCUT2D eigenvalue weighted by Gasteiger charge is -2.15. The Morgan fingerprint density at radius 2 is 2.10 bits per heavy atom. The minimum atomic E-state index is 0.269. The molecule has 0 bridgehead atoms. The van der Waals surface area contributed by atoms with Gasteiger partial charge in [-0.1, -0.05) is 18.9 Å². The normalized spacial score (nSPS) is 17.2. The topological polar surface area (TPSA) is 42.7 Å². The van der Waals surface area contributed by atoms with Gasteiger partial charge in [0.1, 0.15) is 0 Å². The van der Waals surface area contributed by atoms with E-state index in [9.17, 15) is 0 Å². The van der Waals surface area contributed by atoms with Gasteiger partial charge in [-0.2, -0.15) is 5.10 Å². The Kier molecular flexibility index (Phi) is 4.34. The van der Waals surface area contributed by atoms with E-state index in [2.05, 4.69) is 39.4 Å². The molecule has 2 aromatic heterocycles. The van der Waals surface area contributed by atoms with Crippen LogP contribution in [0.1, 0.15) is 54.7 Å².